The zero-order valence-electron chi connectivity index (χ0n) is 13.2. The zero-order valence-corrected chi connectivity index (χ0v) is 14.0. The molecule has 2 aliphatic carbocycles. The third kappa shape index (κ3) is 4.08. The van der Waals surface area contributed by atoms with Crippen LogP contribution in [0.15, 0.2) is 0 Å². The smallest absolute Gasteiger partial charge is 0.317 e. The van der Waals surface area contributed by atoms with Crippen LogP contribution in [-0.2, 0) is 0 Å². The number of urea groups is 1. The van der Waals surface area contributed by atoms with E-state index in [9.17, 15) is 4.79 Å². The van der Waals surface area contributed by atoms with Crippen LogP contribution in [0.2, 0.25) is 0 Å². The van der Waals surface area contributed by atoms with Crippen LogP contribution in [0.25, 0.3) is 0 Å². The second-order valence-electron chi connectivity index (χ2n) is 7.02. The van der Waals surface area contributed by atoms with Gasteiger partial charge >= 0.3 is 6.03 Å². The third-order valence-electron chi connectivity index (χ3n) is 5.61. The predicted molar refractivity (Wildman–Crippen MR) is 89.8 cm³/mol. The SMILES string of the molecule is O=C(NC(C1CCCC1)C1CCCC1)N1CCCSCC1. The summed E-state index contributed by atoms with van der Waals surface area (Å²) in [6.07, 6.45) is 11.9. The van der Waals surface area contributed by atoms with Crippen molar-refractivity contribution in [1.29, 1.82) is 0 Å². The predicted octanol–water partition coefficient (Wildman–Crippen LogP) is 3.88. The van der Waals surface area contributed by atoms with Gasteiger partial charge in [0.15, 0.2) is 0 Å². The van der Waals surface area contributed by atoms with Crippen molar-refractivity contribution in [3.05, 3.63) is 0 Å². The fraction of sp³-hybridized carbons (Fsp3) is 0.941. The first-order valence-corrected chi connectivity index (χ1v) is 10.1. The summed E-state index contributed by atoms with van der Waals surface area (Å²) < 4.78 is 0. The number of nitrogens with zero attached hydrogens (tertiary/aromatic N) is 1. The van der Waals surface area contributed by atoms with Gasteiger partial charge in [-0.1, -0.05) is 25.7 Å². The Morgan fingerprint density at radius 2 is 1.52 bits per heavy atom. The topological polar surface area (TPSA) is 32.3 Å². The Labute approximate surface area is 133 Å². The van der Waals surface area contributed by atoms with E-state index in [0.29, 0.717) is 6.04 Å². The number of carbonyl (C=O) groups excluding carboxylic acids is 1. The van der Waals surface area contributed by atoms with Crippen LogP contribution < -0.4 is 5.32 Å². The first kappa shape index (κ1) is 15.5. The summed E-state index contributed by atoms with van der Waals surface area (Å²) in [5.41, 5.74) is 0. The first-order chi connectivity index (χ1) is 10.3. The van der Waals surface area contributed by atoms with Crippen molar-refractivity contribution in [3.63, 3.8) is 0 Å². The molecule has 1 saturated heterocycles. The molecule has 0 unspecified atom stereocenters. The molecule has 3 rings (SSSR count). The molecule has 0 aromatic carbocycles. The number of rotatable bonds is 3. The number of nitrogens with one attached hydrogen (secondary N) is 1. The molecule has 120 valence electrons. The lowest BCUT2D eigenvalue weighted by atomic mass is 9.86. The highest BCUT2D eigenvalue weighted by Gasteiger charge is 2.35. The molecule has 0 aromatic rings. The molecule has 0 bridgehead atoms. The van der Waals surface area contributed by atoms with E-state index < -0.39 is 0 Å². The number of hydrogen-bond donors (Lipinski definition) is 1. The lowest BCUT2D eigenvalue weighted by molar-refractivity contribution is 0.180. The molecule has 2 saturated carbocycles. The lowest BCUT2D eigenvalue weighted by Crippen LogP contribution is -2.50. The van der Waals surface area contributed by atoms with Crippen LogP contribution >= 0.6 is 11.8 Å². The van der Waals surface area contributed by atoms with E-state index in [1.165, 1.54) is 57.1 Å². The molecule has 1 heterocycles. The molecule has 0 spiro atoms. The van der Waals surface area contributed by atoms with E-state index in [1.54, 1.807) is 0 Å². The van der Waals surface area contributed by atoms with Gasteiger partial charge in [0.2, 0.25) is 0 Å². The van der Waals surface area contributed by atoms with E-state index in [2.05, 4.69) is 10.2 Å². The van der Waals surface area contributed by atoms with Crippen molar-refractivity contribution < 1.29 is 4.79 Å². The Balaban J connectivity index is 1.60. The maximum absolute atomic E-state index is 12.7. The van der Waals surface area contributed by atoms with Crippen LogP contribution in [0, 0.1) is 11.8 Å². The quantitative estimate of drug-likeness (QED) is 0.858. The largest absolute Gasteiger partial charge is 0.335 e. The van der Waals surface area contributed by atoms with Gasteiger partial charge < -0.3 is 10.2 Å². The van der Waals surface area contributed by atoms with E-state index in [4.69, 9.17) is 0 Å². The maximum atomic E-state index is 12.7. The van der Waals surface area contributed by atoms with Gasteiger partial charge in [-0.05, 0) is 49.7 Å². The lowest BCUT2D eigenvalue weighted by Gasteiger charge is -2.32. The number of hydrogen-bond acceptors (Lipinski definition) is 2. The van der Waals surface area contributed by atoms with Crippen molar-refractivity contribution >= 4 is 17.8 Å². The normalized spacial score (nSPS) is 25.5. The monoisotopic (exact) mass is 310 g/mol. The number of thioether (sulfide) groups is 1. The maximum Gasteiger partial charge on any atom is 0.317 e. The Bertz CT molecular complexity index is 314. The average Bonchev–Trinajstić information content (AvgIpc) is 3.14. The van der Waals surface area contributed by atoms with Crippen LogP contribution in [0.1, 0.15) is 57.8 Å². The minimum Gasteiger partial charge on any atom is -0.335 e. The molecule has 4 heteroatoms. The average molecular weight is 311 g/mol. The van der Waals surface area contributed by atoms with Crippen molar-refractivity contribution in [2.24, 2.45) is 11.8 Å². The summed E-state index contributed by atoms with van der Waals surface area (Å²) in [5, 5.41) is 3.48. The van der Waals surface area contributed by atoms with E-state index in [-0.39, 0.29) is 6.03 Å². The Hall–Kier alpha value is -0.380. The molecule has 3 nitrogen and oxygen atoms in total. The van der Waals surface area contributed by atoms with Gasteiger partial charge in [-0.25, -0.2) is 4.79 Å². The van der Waals surface area contributed by atoms with Crippen molar-refractivity contribution in [2.75, 3.05) is 24.6 Å². The van der Waals surface area contributed by atoms with Crippen molar-refractivity contribution in [2.45, 2.75) is 63.8 Å². The van der Waals surface area contributed by atoms with Crippen LogP contribution in [-0.4, -0.2) is 41.6 Å². The molecule has 2 amide bonds. The summed E-state index contributed by atoms with van der Waals surface area (Å²) in [7, 11) is 0. The number of carbonyl (C=O) groups is 1. The Kier molecular flexibility index (Phi) is 5.73. The molecule has 0 aromatic heterocycles. The molecule has 0 radical (unpaired) electrons. The summed E-state index contributed by atoms with van der Waals surface area (Å²) in [5.74, 6) is 3.81. The first-order valence-electron chi connectivity index (χ1n) is 8.98. The number of amides is 2. The Morgan fingerprint density at radius 1 is 0.905 bits per heavy atom. The zero-order chi connectivity index (χ0) is 14.5. The van der Waals surface area contributed by atoms with E-state index in [1.807, 2.05) is 11.8 Å². The third-order valence-corrected chi connectivity index (χ3v) is 6.66. The van der Waals surface area contributed by atoms with Gasteiger partial charge in [0.1, 0.15) is 0 Å². The molecule has 0 atom stereocenters. The van der Waals surface area contributed by atoms with Gasteiger partial charge in [-0.3, -0.25) is 0 Å². The Morgan fingerprint density at radius 3 is 2.14 bits per heavy atom. The second-order valence-corrected chi connectivity index (χ2v) is 8.24. The molecule has 3 aliphatic rings. The molecular weight excluding hydrogens is 280 g/mol. The minimum absolute atomic E-state index is 0.223. The van der Waals surface area contributed by atoms with Gasteiger partial charge in [-0.15, -0.1) is 0 Å². The van der Waals surface area contributed by atoms with E-state index >= 15 is 0 Å². The van der Waals surface area contributed by atoms with Gasteiger partial charge in [0, 0.05) is 24.9 Å². The molecular formula is C17H30N2OS. The highest BCUT2D eigenvalue weighted by atomic mass is 32.2. The van der Waals surface area contributed by atoms with Gasteiger partial charge in [0.25, 0.3) is 0 Å². The minimum atomic E-state index is 0.223. The summed E-state index contributed by atoms with van der Waals surface area (Å²) in [6, 6.07) is 0.680. The molecule has 1 aliphatic heterocycles. The van der Waals surface area contributed by atoms with E-state index in [0.717, 1.165) is 37.1 Å². The summed E-state index contributed by atoms with van der Waals surface area (Å²) in [4.78, 5) is 14.7. The molecule has 21 heavy (non-hydrogen) atoms. The fourth-order valence-electron chi connectivity index (χ4n) is 4.44. The van der Waals surface area contributed by atoms with Crippen molar-refractivity contribution in [1.82, 2.24) is 10.2 Å². The standard InChI is InChI=1S/C17H30N2OS/c20-17(19-10-5-12-21-13-11-19)18-16(14-6-1-2-7-14)15-8-3-4-9-15/h14-16H,1-13H2,(H,18,20). The van der Waals surface area contributed by atoms with Crippen LogP contribution in [0.4, 0.5) is 4.79 Å². The highest BCUT2D eigenvalue weighted by molar-refractivity contribution is 7.99. The molecule has 3 fully saturated rings. The van der Waals surface area contributed by atoms with Gasteiger partial charge in [0.05, 0.1) is 0 Å². The van der Waals surface area contributed by atoms with Crippen molar-refractivity contribution in [3.8, 4) is 0 Å². The summed E-state index contributed by atoms with van der Waals surface area (Å²) >= 11 is 1.98. The second kappa shape index (κ2) is 7.75. The summed E-state index contributed by atoms with van der Waals surface area (Å²) in [6.45, 7) is 1.87. The van der Waals surface area contributed by atoms with Crippen LogP contribution in [0.5, 0.6) is 0 Å². The molecule has 1 N–H and O–H groups in total. The fourth-order valence-corrected chi connectivity index (χ4v) is 5.32. The van der Waals surface area contributed by atoms with Crippen LogP contribution in [0.3, 0.4) is 0 Å². The van der Waals surface area contributed by atoms with Gasteiger partial charge in [-0.2, -0.15) is 11.8 Å². The highest BCUT2D eigenvalue weighted by Crippen LogP contribution is 2.37.